The van der Waals surface area contributed by atoms with Crippen molar-refractivity contribution in [2.75, 3.05) is 20.8 Å². The van der Waals surface area contributed by atoms with Gasteiger partial charge >= 0.3 is 0 Å². The van der Waals surface area contributed by atoms with Crippen LogP contribution < -0.4 is 5.32 Å². The number of benzene rings is 1. The maximum atomic E-state index is 5.95. The van der Waals surface area contributed by atoms with Gasteiger partial charge in [-0.2, -0.15) is 0 Å². The van der Waals surface area contributed by atoms with Gasteiger partial charge in [0, 0.05) is 15.7 Å². The highest BCUT2D eigenvalue weighted by molar-refractivity contribution is 14.1. The lowest BCUT2D eigenvalue weighted by Crippen LogP contribution is -2.22. The third-order valence-corrected chi connectivity index (χ3v) is 3.23. The molecule has 1 rings (SSSR count). The first-order chi connectivity index (χ1) is 6.69. The van der Waals surface area contributed by atoms with Crippen LogP contribution in [0.5, 0.6) is 0 Å². The number of methoxy groups -OCH3 is 1. The lowest BCUT2D eigenvalue weighted by atomic mass is 10.1. The van der Waals surface area contributed by atoms with Crippen LogP contribution >= 0.6 is 34.2 Å². The molecular weight excluding hydrogens is 312 g/mol. The first kappa shape index (κ1) is 12.2. The van der Waals surface area contributed by atoms with E-state index in [2.05, 4.69) is 27.9 Å². The Balaban J connectivity index is 2.96. The zero-order valence-corrected chi connectivity index (χ0v) is 11.1. The van der Waals surface area contributed by atoms with E-state index in [1.807, 2.05) is 25.2 Å². The van der Waals surface area contributed by atoms with Gasteiger partial charge in [-0.25, -0.2) is 0 Å². The van der Waals surface area contributed by atoms with E-state index in [0.29, 0.717) is 6.61 Å². The molecule has 0 spiro atoms. The van der Waals surface area contributed by atoms with Gasteiger partial charge in [-0.1, -0.05) is 11.6 Å². The largest absolute Gasteiger partial charge is 0.383 e. The molecule has 1 N–H and O–H groups in total. The average Bonchev–Trinajstić information content (AvgIpc) is 2.18. The first-order valence-electron chi connectivity index (χ1n) is 4.30. The van der Waals surface area contributed by atoms with Crippen molar-refractivity contribution >= 4 is 34.2 Å². The fraction of sp³-hybridized carbons (Fsp3) is 0.400. The molecule has 0 aliphatic rings. The Hall–Kier alpha value is 0.160. The summed E-state index contributed by atoms with van der Waals surface area (Å²) in [5.41, 5.74) is 1.18. The highest BCUT2D eigenvalue weighted by Gasteiger charge is 2.12. The van der Waals surface area contributed by atoms with Crippen molar-refractivity contribution in [3.63, 3.8) is 0 Å². The molecule has 0 bridgehead atoms. The minimum Gasteiger partial charge on any atom is -0.383 e. The van der Waals surface area contributed by atoms with Crippen LogP contribution in [0.2, 0.25) is 5.02 Å². The second-order valence-corrected chi connectivity index (χ2v) is 4.56. The van der Waals surface area contributed by atoms with Crippen molar-refractivity contribution in [2.24, 2.45) is 0 Å². The molecule has 4 heteroatoms. The lowest BCUT2D eigenvalue weighted by Gasteiger charge is -2.17. The van der Waals surface area contributed by atoms with Gasteiger partial charge in [-0.05, 0) is 53.4 Å². The molecule has 0 saturated heterocycles. The molecule has 78 valence electrons. The van der Waals surface area contributed by atoms with E-state index in [0.717, 1.165) is 5.02 Å². The summed E-state index contributed by atoms with van der Waals surface area (Å²) in [6.45, 7) is 0.646. The van der Waals surface area contributed by atoms with E-state index in [4.69, 9.17) is 16.3 Å². The maximum Gasteiger partial charge on any atom is 0.0657 e. The van der Waals surface area contributed by atoms with Crippen molar-refractivity contribution < 1.29 is 4.74 Å². The molecule has 0 saturated carbocycles. The molecule has 0 heterocycles. The summed E-state index contributed by atoms with van der Waals surface area (Å²) in [5.74, 6) is 0. The Morgan fingerprint density at radius 1 is 1.57 bits per heavy atom. The SMILES string of the molecule is CNC(COC)c1cc(Cl)ccc1I. The normalized spacial score (nSPS) is 12.9. The van der Waals surface area contributed by atoms with Crippen LogP contribution in [-0.2, 0) is 4.74 Å². The molecule has 0 aromatic heterocycles. The minimum absolute atomic E-state index is 0.200. The van der Waals surface area contributed by atoms with Crippen LogP contribution in [0.4, 0.5) is 0 Å². The number of likely N-dealkylation sites (N-methyl/N-ethyl adjacent to an activating group) is 1. The summed E-state index contributed by atoms with van der Waals surface area (Å²) in [5, 5.41) is 3.96. The van der Waals surface area contributed by atoms with Crippen LogP contribution in [0.25, 0.3) is 0 Å². The summed E-state index contributed by atoms with van der Waals surface area (Å²) < 4.78 is 6.33. The van der Waals surface area contributed by atoms with Gasteiger partial charge in [0.2, 0.25) is 0 Å². The summed E-state index contributed by atoms with van der Waals surface area (Å²) in [6, 6.07) is 6.08. The van der Waals surface area contributed by atoms with Crippen LogP contribution in [0.3, 0.4) is 0 Å². The van der Waals surface area contributed by atoms with Crippen molar-refractivity contribution in [3.8, 4) is 0 Å². The van der Waals surface area contributed by atoms with Crippen molar-refractivity contribution in [1.29, 1.82) is 0 Å². The summed E-state index contributed by atoms with van der Waals surface area (Å²) in [6.07, 6.45) is 0. The van der Waals surface area contributed by atoms with E-state index in [-0.39, 0.29) is 6.04 Å². The summed E-state index contributed by atoms with van der Waals surface area (Å²) in [7, 11) is 3.61. The van der Waals surface area contributed by atoms with E-state index in [9.17, 15) is 0 Å². The van der Waals surface area contributed by atoms with Crippen LogP contribution in [0.1, 0.15) is 11.6 Å². The van der Waals surface area contributed by atoms with Gasteiger partial charge in [0.1, 0.15) is 0 Å². The van der Waals surface area contributed by atoms with Gasteiger partial charge in [0.15, 0.2) is 0 Å². The smallest absolute Gasteiger partial charge is 0.0657 e. The molecule has 0 aliphatic carbocycles. The molecule has 1 atom stereocenters. The van der Waals surface area contributed by atoms with Gasteiger partial charge in [0.05, 0.1) is 12.6 Å². The number of ether oxygens (including phenoxy) is 1. The van der Waals surface area contributed by atoms with Crippen LogP contribution in [-0.4, -0.2) is 20.8 Å². The Morgan fingerprint density at radius 2 is 2.29 bits per heavy atom. The number of halogens is 2. The molecule has 0 radical (unpaired) electrons. The number of hydrogen-bond donors (Lipinski definition) is 1. The van der Waals surface area contributed by atoms with Gasteiger partial charge < -0.3 is 10.1 Å². The molecule has 2 nitrogen and oxygen atoms in total. The summed E-state index contributed by atoms with van der Waals surface area (Å²) in [4.78, 5) is 0. The second kappa shape index (κ2) is 5.90. The van der Waals surface area contributed by atoms with E-state index >= 15 is 0 Å². The van der Waals surface area contributed by atoms with Gasteiger partial charge in [-0.15, -0.1) is 0 Å². The zero-order chi connectivity index (χ0) is 10.6. The molecule has 1 aromatic rings. The fourth-order valence-corrected chi connectivity index (χ4v) is 2.17. The molecule has 0 aliphatic heterocycles. The topological polar surface area (TPSA) is 21.3 Å². The standard InChI is InChI=1S/C10H13ClINO/c1-13-10(6-14-2)8-5-7(11)3-4-9(8)12/h3-5,10,13H,6H2,1-2H3. The second-order valence-electron chi connectivity index (χ2n) is 2.96. The summed E-state index contributed by atoms with van der Waals surface area (Å²) >= 11 is 8.25. The van der Waals surface area contributed by atoms with Crippen LogP contribution in [0.15, 0.2) is 18.2 Å². The predicted octanol–water partition coefficient (Wildman–Crippen LogP) is 2.85. The van der Waals surface area contributed by atoms with E-state index in [1.54, 1.807) is 7.11 Å². The highest BCUT2D eigenvalue weighted by Crippen LogP contribution is 2.23. The molecule has 1 unspecified atom stereocenters. The Morgan fingerprint density at radius 3 is 2.86 bits per heavy atom. The van der Waals surface area contributed by atoms with E-state index < -0.39 is 0 Å². The molecule has 14 heavy (non-hydrogen) atoms. The predicted molar refractivity (Wildman–Crippen MR) is 67.8 cm³/mol. The van der Waals surface area contributed by atoms with Crippen molar-refractivity contribution in [3.05, 3.63) is 32.4 Å². The Kier molecular flexibility index (Phi) is 5.15. The molecule has 0 fully saturated rings. The van der Waals surface area contributed by atoms with E-state index in [1.165, 1.54) is 9.13 Å². The van der Waals surface area contributed by atoms with Gasteiger partial charge in [0.25, 0.3) is 0 Å². The zero-order valence-electron chi connectivity index (χ0n) is 8.18. The third kappa shape index (κ3) is 3.08. The Labute approximate surface area is 103 Å². The molecule has 0 amide bonds. The Bertz CT molecular complexity index is 306. The minimum atomic E-state index is 0.200. The quantitative estimate of drug-likeness (QED) is 0.860. The highest BCUT2D eigenvalue weighted by atomic mass is 127. The average molecular weight is 326 g/mol. The van der Waals surface area contributed by atoms with Crippen molar-refractivity contribution in [2.45, 2.75) is 6.04 Å². The van der Waals surface area contributed by atoms with Crippen molar-refractivity contribution in [1.82, 2.24) is 5.32 Å². The number of nitrogens with one attached hydrogen (secondary N) is 1. The maximum absolute atomic E-state index is 5.95. The lowest BCUT2D eigenvalue weighted by molar-refractivity contribution is 0.170. The van der Waals surface area contributed by atoms with Crippen LogP contribution in [0, 0.1) is 3.57 Å². The first-order valence-corrected chi connectivity index (χ1v) is 5.76. The molecule has 1 aromatic carbocycles. The monoisotopic (exact) mass is 325 g/mol. The number of hydrogen-bond acceptors (Lipinski definition) is 2. The molecular formula is C10H13ClINO. The van der Waals surface area contributed by atoms with Gasteiger partial charge in [-0.3, -0.25) is 0 Å². The fourth-order valence-electron chi connectivity index (χ4n) is 1.28. The number of rotatable bonds is 4. The third-order valence-electron chi connectivity index (χ3n) is 2.02.